The van der Waals surface area contributed by atoms with Crippen molar-refractivity contribution in [3.8, 4) is 23.0 Å². The van der Waals surface area contributed by atoms with Crippen LogP contribution in [0.5, 0.6) is 0 Å². The van der Waals surface area contributed by atoms with Crippen LogP contribution in [-0.4, -0.2) is 44.9 Å². The molecule has 1 fully saturated rings. The molecule has 2 N–H and O–H groups in total. The molecule has 0 amide bonds. The number of aromatic amines is 1. The zero-order chi connectivity index (χ0) is 26.4. The number of hydrogen-bond donors (Lipinski definition) is 2. The molecule has 0 saturated carbocycles. The van der Waals surface area contributed by atoms with Gasteiger partial charge in [0.1, 0.15) is 22.9 Å². The molecule has 0 unspecified atom stereocenters. The summed E-state index contributed by atoms with van der Waals surface area (Å²) in [5, 5.41) is 8.74. The Bertz CT molecular complexity index is 1440. The van der Waals surface area contributed by atoms with Crippen molar-refractivity contribution in [3.05, 3.63) is 71.8 Å². The molecule has 1 saturated heterocycles. The van der Waals surface area contributed by atoms with Crippen molar-refractivity contribution >= 4 is 17.5 Å². The van der Waals surface area contributed by atoms with Crippen LogP contribution < -0.4 is 5.32 Å². The molecule has 4 aromatic rings. The van der Waals surface area contributed by atoms with Gasteiger partial charge in [-0.15, -0.1) is 0 Å². The van der Waals surface area contributed by atoms with Crippen LogP contribution in [0, 0.1) is 23.5 Å². The molecule has 1 aliphatic rings. The maximum atomic E-state index is 13.9. The number of carbonyl (C=O) groups excluding carboxylic acids is 1. The number of nitrogens with one attached hydrogen (secondary N) is 2. The minimum atomic E-state index is -0.548. The van der Waals surface area contributed by atoms with Crippen molar-refractivity contribution in [2.75, 3.05) is 13.1 Å². The number of nitrogens with zero attached hydrogens (tertiary/aromatic N) is 3. The van der Waals surface area contributed by atoms with E-state index in [9.17, 15) is 13.6 Å². The monoisotopic (exact) mass is 505 g/mol. The topological polar surface area (TPSA) is 84.8 Å². The Morgan fingerprint density at radius 3 is 2.54 bits per heavy atom. The molecule has 0 radical (unpaired) electrons. The Morgan fingerprint density at radius 2 is 1.84 bits per heavy atom. The molecule has 1 aromatic carbocycles. The van der Waals surface area contributed by atoms with Crippen LogP contribution >= 0.6 is 0 Å². The summed E-state index contributed by atoms with van der Waals surface area (Å²) in [5.74, 6) is 4.58. The maximum Gasteiger partial charge on any atom is 0.293 e. The normalized spacial score (nSPS) is 13.9. The number of carbonyl (C=O) groups is 1. The number of ether oxygens (including phenoxy) is 1. The van der Waals surface area contributed by atoms with E-state index in [0.29, 0.717) is 23.7 Å². The quantitative estimate of drug-likeness (QED) is 0.303. The largest absolute Gasteiger partial charge is 0.462 e. The van der Waals surface area contributed by atoms with Crippen molar-refractivity contribution in [1.82, 2.24) is 25.1 Å². The molecular weight excluding hydrogens is 476 g/mol. The minimum absolute atomic E-state index is 0.0247. The molecule has 5 rings (SSSR count). The second kappa shape index (κ2) is 11.4. The number of fused-ring (bicyclic) bond motifs is 1. The zero-order valence-corrected chi connectivity index (χ0v) is 21.0. The third kappa shape index (κ3) is 6.80. The van der Waals surface area contributed by atoms with Crippen LogP contribution in [0.3, 0.4) is 0 Å². The third-order valence-electron chi connectivity index (χ3n) is 5.81. The molecular formula is C28H29F2N5O2. The highest BCUT2D eigenvalue weighted by atomic mass is 19.1. The summed E-state index contributed by atoms with van der Waals surface area (Å²) in [6.07, 6.45) is 9.55. The lowest BCUT2D eigenvalue weighted by atomic mass is 10.1. The number of benzene rings is 1. The fourth-order valence-corrected chi connectivity index (χ4v) is 3.89. The van der Waals surface area contributed by atoms with Gasteiger partial charge < -0.3 is 15.0 Å². The van der Waals surface area contributed by atoms with Gasteiger partial charge in [-0.25, -0.2) is 13.8 Å². The Kier molecular flexibility index (Phi) is 7.99. The van der Waals surface area contributed by atoms with Gasteiger partial charge in [0, 0.05) is 35.1 Å². The van der Waals surface area contributed by atoms with Crippen LogP contribution in [0.2, 0.25) is 0 Å². The Morgan fingerprint density at radius 1 is 1.08 bits per heavy atom. The van der Waals surface area contributed by atoms with E-state index in [2.05, 4.69) is 43.2 Å². The smallest absolute Gasteiger partial charge is 0.293 e. The van der Waals surface area contributed by atoms with E-state index in [1.807, 2.05) is 37.7 Å². The second-order valence-corrected chi connectivity index (χ2v) is 9.71. The first-order chi connectivity index (χ1) is 17.7. The summed E-state index contributed by atoms with van der Waals surface area (Å²) in [7, 11) is 0. The Hall–Kier alpha value is -4.03. The third-order valence-corrected chi connectivity index (χ3v) is 5.81. The van der Waals surface area contributed by atoms with Crippen LogP contribution in [0.25, 0.3) is 22.2 Å². The lowest BCUT2D eigenvalue weighted by Gasteiger charge is -2.22. The first kappa shape index (κ1) is 26.0. The lowest BCUT2D eigenvalue weighted by molar-refractivity contribution is -0.138. The molecule has 0 bridgehead atoms. The Labute approximate surface area is 214 Å². The highest BCUT2D eigenvalue weighted by molar-refractivity contribution is 5.87. The molecule has 3 aromatic heterocycles. The van der Waals surface area contributed by atoms with Gasteiger partial charge in [0.05, 0.1) is 23.4 Å². The van der Waals surface area contributed by atoms with Gasteiger partial charge in [-0.1, -0.05) is 11.8 Å². The number of hydrogen-bond acceptors (Lipinski definition) is 5. The summed E-state index contributed by atoms with van der Waals surface area (Å²) in [6.45, 7) is 7.93. The first-order valence-electron chi connectivity index (χ1n) is 12.0. The van der Waals surface area contributed by atoms with Crippen molar-refractivity contribution in [1.29, 1.82) is 0 Å². The van der Waals surface area contributed by atoms with Gasteiger partial charge >= 0.3 is 0 Å². The standard InChI is InChI=1S/C23H19F2N5.C5H10O2/c24-19-3-4-22(25)15(9-19)1-2-16-11-27-23-21(16)10-17(12-28-23)18-13-29-30(14-18)20-5-7-26-8-6-20;1-5(2,3)7-4-6/h3-4,9-14,20,26H,5-8H2,(H,27,28);4H,1-3H3. The number of halogens is 2. The minimum Gasteiger partial charge on any atom is -0.462 e. The van der Waals surface area contributed by atoms with Gasteiger partial charge in [-0.3, -0.25) is 9.48 Å². The molecule has 4 heterocycles. The molecule has 7 nitrogen and oxygen atoms in total. The fourth-order valence-electron chi connectivity index (χ4n) is 3.89. The van der Waals surface area contributed by atoms with E-state index >= 15 is 0 Å². The summed E-state index contributed by atoms with van der Waals surface area (Å²) < 4.78 is 33.8. The van der Waals surface area contributed by atoms with E-state index in [-0.39, 0.29) is 11.2 Å². The Balaban J connectivity index is 0.000000405. The zero-order valence-electron chi connectivity index (χ0n) is 21.0. The van der Waals surface area contributed by atoms with Crippen molar-refractivity contribution in [2.24, 2.45) is 0 Å². The molecule has 37 heavy (non-hydrogen) atoms. The lowest BCUT2D eigenvalue weighted by Crippen LogP contribution is -2.29. The number of H-pyrrole nitrogens is 1. The van der Waals surface area contributed by atoms with Gasteiger partial charge in [0.2, 0.25) is 0 Å². The van der Waals surface area contributed by atoms with Crippen LogP contribution in [0.1, 0.15) is 50.8 Å². The van der Waals surface area contributed by atoms with Gasteiger partial charge in [-0.05, 0) is 71.0 Å². The maximum absolute atomic E-state index is 13.9. The van der Waals surface area contributed by atoms with E-state index in [1.165, 1.54) is 0 Å². The predicted molar refractivity (Wildman–Crippen MR) is 138 cm³/mol. The highest BCUT2D eigenvalue weighted by Gasteiger charge is 2.16. The molecule has 192 valence electrons. The van der Waals surface area contributed by atoms with Crippen molar-refractivity contribution in [2.45, 2.75) is 45.3 Å². The van der Waals surface area contributed by atoms with E-state index in [0.717, 1.165) is 60.6 Å². The average Bonchev–Trinajstić information content (AvgIpc) is 3.52. The number of pyridine rings is 1. The summed E-state index contributed by atoms with van der Waals surface area (Å²) in [5.41, 5.74) is 2.99. The van der Waals surface area contributed by atoms with E-state index in [4.69, 9.17) is 0 Å². The van der Waals surface area contributed by atoms with Crippen LogP contribution in [-0.2, 0) is 9.53 Å². The number of piperidine rings is 1. The van der Waals surface area contributed by atoms with Gasteiger partial charge in [0.25, 0.3) is 6.47 Å². The first-order valence-corrected chi connectivity index (χ1v) is 12.0. The van der Waals surface area contributed by atoms with Gasteiger partial charge in [0.15, 0.2) is 0 Å². The van der Waals surface area contributed by atoms with Crippen LogP contribution in [0.15, 0.2) is 49.1 Å². The highest BCUT2D eigenvalue weighted by Crippen LogP contribution is 2.26. The molecule has 0 spiro atoms. The summed E-state index contributed by atoms with van der Waals surface area (Å²) in [6, 6.07) is 5.65. The average molecular weight is 506 g/mol. The van der Waals surface area contributed by atoms with Gasteiger partial charge in [-0.2, -0.15) is 5.10 Å². The van der Waals surface area contributed by atoms with Crippen LogP contribution in [0.4, 0.5) is 8.78 Å². The second-order valence-electron chi connectivity index (χ2n) is 9.71. The van der Waals surface area contributed by atoms with E-state index < -0.39 is 11.6 Å². The summed E-state index contributed by atoms with van der Waals surface area (Å²) >= 11 is 0. The molecule has 0 aliphatic carbocycles. The van der Waals surface area contributed by atoms with E-state index in [1.54, 1.807) is 12.4 Å². The number of rotatable bonds is 3. The van der Waals surface area contributed by atoms with Crippen molar-refractivity contribution in [3.63, 3.8) is 0 Å². The SMILES string of the molecule is CC(C)(C)OC=O.Fc1ccc(F)c(C#Cc2c[nH]c3ncc(-c4cnn(C5CCNCC5)c4)cc23)c1. The number of aromatic nitrogens is 4. The molecule has 9 heteroatoms. The fraction of sp³-hybridized carbons (Fsp3) is 0.321. The molecule has 1 aliphatic heterocycles. The molecule has 0 atom stereocenters. The predicted octanol–water partition coefficient (Wildman–Crippen LogP) is 4.99. The summed E-state index contributed by atoms with van der Waals surface area (Å²) in [4.78, 5) is 17.2. The van der Waals surface area contributed by atoms with Crippen molar-refractivity contribution < 1.29 is 18.3 Å².